The maximum atomic E-state index is 9.88. The van der Waals surface area contributed by atoms with Crippen LogP contribution < -0.4 is 5.32 Å². The second-order valence-electron chi connectivity index (χ2n) is 5.97. The summed E-state index contributed by atoms with van der Waals surface area (Å²) >= 11 is 6.08. The Labute approximate surface area is 120 Å². The number of aliphatic hydroxyl groups is 1. The molecule has 104 valence electrons. The molecule has 0 saturated carbocycles. The minimum absolute atomic E-state index is 0.118. The predicted molar refractivity (Wildman–Crippen MR) is 78.0 cm³/mol. The molecule has 1 atom stereocenters. The fourth-order valence-electron chi connectivity index (χ4n) is 1.91. The fraction of sp³-hybridized carbons (Fsp3) is 0.533. The largest absolute Gasteiger partial charge is 0.392 e. The van der Waals surface area contributed by atoms with Gasteiger partial charge in [-0.2, -0.15) is 5.26 Å². The second kappa shape index (κ2) is 6.91. The van der Waals surface area contributed by atoms with Crippen LogP contribution in [-0.2, 0) is 6.54 Å². The zero-order valence-corrected chi connectivity index (χ0v) is 12.5. The molecule has 4 heteroatoms. The molecule has 0 heterocycles. The van der Waals surface area contributed by atoms with Crippen LogP contribution in [0.3, 0.4) is 0 Å². The Bertz CT molecular complexity index is 460. The van der Waals surface area contributed by atoms with Crippen molar-refractivity contribution in [2.75, 3.05) is 6.54 Å². The first-order valence-corrected chi connectivity index (χ1v) is 6.77. The smallest absolute Gasteiger partial charge is 0.0992 e. The van der Waals surface area contributed by atoms with Crippen LogP contribution in [0.4, 0.5) is 0 Å². The van der Waals surface area contributed by atoms with E-state index in [4.69, 9.17) is 16.9 Å². The highest BCUT2D eigenvalue weighted by Crippen LogP contribution is 2.21. The number of nitrogens with one attached hydrogen (secondary N) is 1. The van der Waals surface area contributed by atoms with Gasteiger partial charge in [-0.1, -0.05) is 38.4 Å². The van der Waals surface area contributed by atoms with E-state index in [1.807, 2.05) is 6.07 Å². The normalized spacial score (nSPS) is 13.1. The van der Waals surface area contributed by atoms with Gasteiger partial charge in [-0.3, -0.25) is 0 Å². The fourth-order valence-corrected chi connectivity index (χ4v) is 2.16. The van der Waals surface area contributed by atoms with E-state index in [0.29, 0.717) is 23.7 Å². The zero-order chi connectivity index (χ0) is 14.5. The third kappa shape index (κ3) is 6.07. The molecule has 0 bridgehead atoms. The van der Waals surface area contributed by atoms with Crippen LogP contribution in [0.1, 0.15) is 38.3 Å². The van der Waals surface area contributed by atoms with Gasteiger partial charge in [-0.05, 0) is 29.5 Å². The van der Waals surface area contributed by atoms with E-state index in [9.17, 15) is 5.11 Å². The minimum atomic E-state index is -0.364. The molecule has 0 amide bonds. The van der Waals surface area contributed by atoms with Gasteiger partial charge in [0.2, 0.25) is 0 Å². The molecular formula is C15H21ClN2O. The van der Waals surface area contributed by atoms with Gasteiger partial charge >= 0.3 is 0 Å². The lowest BCUT2D eigenvalue weighted by atomic mass is 9.89. The Morgan fingerprint density at radius 2 is 2.11 bits per heavy atom. The van der Waals surface area contributed by atoms with Crippen LogP contribution in [0.2, 0.25) is 5.02 Å². The first kappa shape index (κ1) is 16.0. The molecule has 19 heavy (non-hydrogen) atoms. The molecule has 1 aromatic rings. The summed E-state index contributed by atoms with van der Waals surface area (Å²) in [4.78, 5) is 0. The lowest BCUT2D eigenvalue weighted by molar-refractivity contribution is 0.119. The highest BCUT2D eigenvalue weighted by Gasteiger charge is 2.16. The SMILES string of the molecule is CC(C)(C)CC(O)CNCc1ccc(C#N)cc1Cl. The molecule has 0 spiro atoms. The standard InChI is InChI=1S/C15H21ClN2O/c1-15(2,3)7-13(19)10-18-9-12-5-4-11(8-17)6-14(12)16/h4-6,13,18-19H,7,9-10H2,1-3H3. The van der Waals surface area contributed by atoms with Crippen molar-refractivity contribution >= 4 is 11.6 Å². The first-order chi connectivity index (χ1) is 8.81. The summed E-state index contributed by atoms with van der Waals surface area (Å²) in [7, 11) is 0. The quantitative estimate of drug-likeness (QED) is 0.871. The summed E-state index contributed by atoms with van der Waals surface area (Å²) in [6.07, 6.45) is 0.387. The number of hydrogen-bond acceptors (Lipinski definition) is 3. The average Bonchev–Trinajstić information content (AvgIpc) is 2.28. The summed E-state index contributed by atoms with van der Waals surface area (Å²) in [6, 6.07) is 7.29. The average molecular weight is 281 g/mol. The van der Waals surface area contributed by atoms with E-state index in [-0.39, 0.29) is 11.5 Å². The Hall–Kier alpha value is -1.08. The van der Waals surface area contributed by atoms with Crippen molar-refractivity contribution in [1.82, 2.24) is 5.32 Å². The molecule has 0 saturated heterocycles. The maximum Gasteiger partial charge on any atom is 0.0992 e. The van der Waals surface area contributed by atoms with Crippen LogP contribution in [0.25, 0.3) is 0 Å². The van der Waals surface area contributed by atoms with Crippen LogP contribution in [0, 0.1) is 16.7 Å². The van der Waals surface area contributed by atoms with E-state index >= 15 is 0 Å². The highest BCUT2D eigenvalue weighted by atomic mass is 35.5. The molecular weight excluding hydrogens is 260 g/mol. The van der Waals surface area contributed by atoms with E-state index in [0.717, 1.165) is 12.0 Å². The number of nitrogens with zero attached hydrogens (tertiary/aromatic N) is 1. The lowest BCUT2D eigenvalue weighted by Crippen LogP contribution is -2.29. The number of rotatable bonds is 5. The summed E-state index contributed by atoms with van der Waals surface area (Å²) in [5.74, 6) is 0. The predicted octanol–water partition coefficient (Wildman–Crippen LogP) is 3.10. The second-order valence-corrected chi connectivity index (χ2v) is 6.37. The molecule has 1 unspecified atom stereocenters. The maximum absolute atomic E-state index is 9.88. The van der Waals surface area contributed by atoms with Crippen LogP contribution in [0.15, 0.2) is 18.2 Å². The summed E-state index contributed by atoms with van der Waals surface area (Å²) in [5, 5.41) is 22.4. The molecule has 1 aromatic carbocycles. The van der Waals surface area contributed by atoms with Crippen molar-refractivity contribution in [3.63, 3.8) is 0 Å². The van der Waals surface area contributed by atoms with Crippen molar-refractivity contribution in [2.45, 2.75) is 39.8 Å². The number of nitriles is 1. The number of halogens is 1. The molecule has 0 radical (unpaired) electrons. The van der Waals surface area contributed by atoms with E-state index in [2.05, 4.69) is 32.2 Å². The molecule has 0 aliphatic heterocycles. The molecule has 0 aromatic heterocycles. The Morgan fingerprint density at radius 3 is 2.63 bits per heavy atom. The Balaban J connectivity index is 2.44. The lowest BCUT2D eigenvalue weighted by Gasteiger charge is -2.22. The highest BCUT2D eigenvalue weighted by molar-refractivity contribution is 6.31. The van der Waals surface area contributed by atoms with Crippen molar-refractivity contribution in [3.05, 3.63) is 34.3 Å². The van der Waals surface area contributed by atoms with Gasteiger partial charge in [-0.15, -0.1) is 0 Å². The van der Waals surface area contributed by atoms with Gasteiger partial charge in [0.25, 0.3) is 0 Å². The first-order valence-electron chi connectivity index (χ1n) is 6.39. The van der Waals surface area contributed by atoms with Crippen molar-refractivity contribution < 1.29 is 5.11 Å². The van der Waals surface area contributed by atoms with Crippen LogP contribution in [-0.4, -0.2) is 17.8 Å². The van der Waals surface area contributed by atoms with E-state index in [1.54, 1.807) is 12.1 Å². The van der Waals surface area contributed by atoms with Crippen molar-refractivity contribution in [3.8, 4) is 6.07 Å². The summed E-state index contributed by atoms with van der Waals surface area (Å²) in [5.41, 5.74) is 1.61. The molecule has 0 aliphatic rings. The number of benzene rings is 1. The van der Waals surface area contributed by atoms with Gasteiger partial charge < -0.3 is 10.4 Å². The number of aliphatic hydroxyl groups excluding tert-OH is 1. The van der Waals surface area contributed by atoms with Gasteiger partial charge in [0, 0.05) is 18.1 Å². The summed E-state index contributed by atoms with van der Waals surface area (Å²) < 4.78 is 0. The van der Waals surface area contributed by atoms with Gasteiger partial charge in [0.1, 0.15) is 0 Å². The Morgan fingerprint density at radius 1 is 1.42 bits per heavy atom. The van der Waals surface area contributed by atoms with Gasteiger partial charge in [0.05, 0.1) is 17.7 Å². The molecule has 3 nitrogen and oxygen atoms in total. The van der Waals surface area contributed by atoms with Crippen molar-refractivity contribution in [1.29, 1.82) is 5.26 Å². The van der Waals surface area contributed by atoms with Gasteiger partial charge in [0.15, 0.2) is 0 Å². The van der Waals surface area contributed by atoms with Crippen molar-refractivity contribution in [2.24, 2.45) is 5.41 Å². The third-order valence-corrected chi connectivity index (χ3v) is 3.08. The molecule has 1 rings (SSSR count). The zero-order valence-electron chi connectivity index (χ0n) is 11.7. The van der Waals surface area contributed by atoms with E-state index < -0.39 is 0 Å². The third-order valence-electron chi connectivity index (χ3n) is 2.73. The minimum Gasteiger partial charge on any atom is -0.392 e. The monoisotopic (exact) mass is 280 g/mol. The van der Waals surface area contributed by atoms with Crippen LogP contribution in [0.5, 0.6) is 0 Å². The van der Waals surface area contributed by atoms with Crippen LogP contribution >= 0.6 is 11.6 Å². The Kier molecular flexibility index (Phi) is 5.81. The molecule has 0 fully saturated rings. The number of hydrogen-bond donors (Lipinski definition) is 2. The van der Waals surface area contributed by atoms with E-state index in [1.165, 1.54) is 0 Å². The molecule has 2 N–H and O–H groups in total. The molecule has 0 aliphatic carbocycles. The topological polar surface area (TPSA) is 56.0 Å². The van der Waals surface area contributed by atoms with Gasteiger partial charge in [-0.25, -0.2) is 0 Å². The summed E-state index contributed by atoms with van der Waals surface area (Å²) in [6.45, 7) is 7.44.